The fourth-order valence-electron chi connectivity index (χ4n) is 2.73. The van der Waals surface area contributed by atoms with Crippen molar-refractivity contribution in [1.82, 2.24) is 0 Å². The Hall–Kier alpha value is -0.370. The summed E-state index contributed by atoms with van der Waals surface area (Å²) in [5.41, 5.74) is 0.375. The summed E-state index contributed by atoms with van der Waals surface area (Å²) in [6.07, 6.45) is 1.63. The maximum absolute atomic E-state index is 11.4. The van der Waals surface area contributed by atoms with Crippen LogP contribution in [0.1, 0.15) is 26.7 Å². The van der Waals surface area contributed by atoms with Gasteiger partial charge in [0.1, 0.15) is 5.78 Å². The van der Waals surface area contributed by atoms with E-state index in [1.54, 1.807) is 0 Å². The molecule has 0 aromatic rings. The molecule has 68 valence electrons. The highest BCUT2D eigenvalue weighted by Crippen LogP contribution is 2.64. The summed E-state index contributed by atoms with van der Waals surface area (Å²) in [5.74, 6) is 1.55. The fourth-order valence-corrected chi connectivity index (χ4v) is 2.73. The van der Waals surface area contributed by atoms with Gasteiger partial charge in [-0.3, -0.25) is 4.79 Å². The zero-order valence-electron chi connectivity index (χ0n) is 7.71. The average Bonchev–Trinajstić information content (AvgIpc) is 2.52. The van der Waals surface area contributed by atoms with Gasteiger partial charge in [-0.2, -0.15) is 0 Å². The predicted octanol–water partition coefficient (Wildman–Crippen LogP) is 1.23. The predicted molar refractivity (Wildman–Crippen MR) is 45.6 cm³/mol. The van der Waals surface area contributed by atoms with Crippen LogP contribution in [-0.2, 0) is 4.79 Å². The van der Waals surface area contributed by atoms with E-state index in [4.69, 9.17) is 5.11 Å². The molecule has 3 unspecified atom stereocenters. The number of fused-ring (bicyclic) bond motifs is 1. The van der Waals surface area contributed by atoms with Crippen molar-refractivity contribution in [1.29, 1.82) is 0 Å². The van der Waals surface area contributed by atoms with Gasteiger partial charge in [0, 0.05) is 12.3 Å². The van der Waals surface area contributed by atoms with Crippen LogP contribution in [0.5, 0.6) is 0 Å². The van der Waals surface area contributed by atoms with Crippen molar-refractivity contribution < 1.29 is 9.90 Å². The lowest BCUT2D eigenvalue weighted by Gasteiger charge is -2.16. The third-order valence-corrected chi connectivity index (χ3v) is 3.92. The van der Waals surface area contributed by atoms with Gasteiger partial charge in [-0.15, -0.1) is 0 Å². The number of carbonyl (C=O) groups is 1. The van der Waals surface area contributed by atoms with E-state index >= 15 is 0 Å². The molecule has 2 saturated carbocycles. The molecule has 1 N–H and O–H groups in total. The highest BCUT2D eigenvalue weighted by Gasteiger charge is 2.61. The smallest absolute Gasteiger partial charge is 0.138 e. The van der Waals surface area contributed by atoms with Crippen LogP contribution >= 0.6 is 0 Å². The lowest BCUT2D eigenvalue weighted by atomic mass is 9.89. The molecule has 3 atom stereocenters. The van der Waals surface area contributed by atoms with E-state index < -0.39 is 0 Å². The molecule has 2 aliphatic carbocycles. The van der Waals surface area contributed by atoms with E-state index in [1.165, 1.54) is 0 Å². The largest absolute Gasteiger partial charge is 0.396 e. The van der Waals surface area contributed by atoms with Crippen molar-refractivity contribution in [2.45, 2.75) is 26.7 Å². The number of carbonyl (C=O) groups excluding carboxylic acids is 1. The highest BCUT2D eigenvalue weighted by atomic mass is 16.3. The number of ketones is 1. The van der Waals surface area contributed by atoms with Crippen molar-refractivity contribution in [3.8, 4) is 0 Å². The van der Waals surface area contributed by atoms with E-state index in [-0.39, 0.29) is 18.3 Å². The zero-order chi connectivity index (χ0) is 8.93. The molecule has 2 nitrogen and oxygen atoms in total. The number of Topliss-reactive ketones (excluding diaryl/α,β-unsaturated/α-hetero) is 1. The van der Waals surface area contributed by atoms with Crippen LogP contribution in [0.2, 0.25) is 0 Å². The second-order valence-electron chi connectivity index (χ2n) is 4.82. The van der Waals surface area contributed by atoms with E-state index in [0.29, 0.717) is 23.7 Å². The molecule has 0 radical (unpaired) electrons. The maximum atomic E-state index is 11.4. The number of hydrogen-bond acceptors (Lipinski definition) is 2. The fraction of sp³-hybridized carbons (Fsp3) is 0.900. The lowest BCUT2D eigenvalue weighted by molar-refractivity contribution is -0.126. The molecule has 12 heavy (non-hydrogen) atoms. The standard InChI is InChI=1S/C10H16O2/c1-10(2)7-3-6(5-11)9(12)4-8(7)10/h6-8,11H,3-5H2,1-2H3. The van der Waals surface area contributed by atoms with Gasteiger partial charge < -0.3 is 5.11 Å². The van der Waals surface area contributed by atoms with Crippen LogP contribution in [0.3, 0.4) is 0 Å². The van der Waals surface area contributed by atoms with Crippen LogP contribution in [0.4, 0.5) is 0 Å². The Morgan fingerprint density at radius 2 is 2.17 bits per heavy atom. The van der Waals surface area contributed by atoms with Gasteiger partial charge in [0.25, 0.3) is 0 Å². The van der Waals surface area contributed by atoms with Gasteiger partial charge in [-0.1, -0.05) is 13.8 Å². The summed E-state index contributed by atoms with van der Waals surface area (Å²) in [6, 6.07) is 0. The SMILES string of the molecule is CC1(C)C2CC(=O)C(CO)CC21. The van der Waals surface area contributed by atoms with Gasteiger partial charge in [-0.25, -0.2) is 0 Å². The average molecular weight is 168 g/mol. The Labute approximate surface area is 73.0 Å². The van der Waals surface area contributed by atoms with E-state index in [9.17, 15) is 4.79 Å². The van der Waals surface area contributed by atoms with Crippen LogP contribution in [0.15, 0.2) is 0 Å². The first-order chi connectivity index (χ1) is 5.57. The first-order valence-electron chi connectivity index (χ1n) is 4.71. The van der Waals surface area contributed by atoms with Crippen LogP contribution in [0.25, 0.3) is 0 Å². The van der Waals surface area contributed by atoms with Gasteiger partial charge in [0.05, 0.1) is 6.61 Å². The number of hydrogen-bond donors (Lipinski definition) is 1. The summed E-state index contributed by atoms with van der Waals surface area (Å²) < 4.78 is 0. The molecule has 2 fully saturated rings. The van der Waals surface area contributed by atoms with E-state index in [2.05, 4.69) is 13.8 Å². The second kappa shape index (κ2) is 2.32. The Bertz CT molecular complexity index is 220. The summed E-state index contributed by atoms with van der Waals surface area (Å²) >= 11 is 0. The normalized spacial score (nSPS) is 43.9. The minimum absolute atomic E-state index is 0.0481. The first-order valence-corrected chi connectivity index (χ1v) is 4.71. The van der Waals surface area contributed by atoms with Crippen molar-refractivity contribution in [3.63, 3.8) is 0 Å². The highest BCUT2D eigenvalue weighted by molar-refractivity contribution is 5.83. The molecule has 2 rings (SSSR count). The Morgan fingerprint density at radius 3 is 2.75 bits per heavy atom. The number of aliphatic hydroxyl groups is 1. The van der Waals surface area contributed by atoms with Crippen molar-refractivity contribution in [3.05, 3.63) is 0 Å². The number of aliphatic hydroxyl groups excluding tert-OH is 1. The third-order valence-electron chi connectivity index (χ3n) is 3.92. The Morgan fingerprint density at radius 1 is 1.50 bits per heavy atom. The van der Waals surface area contributed by atoms with Crippen molar-refractivity contribution in [2.75, 3.05) is 6.61 Å². The molecule has 0 amide bonds. The van der Waals surface area contributed by atoms with Gasteiger partial charge in [0.15, 0.2) is 0 Å². The minimum atomic E-state index is -0.0481. The zero-order valence-corrected chi connectivity index (χ0v) is 7.71. The molecule has 2 aliphatic rings. The Balaban J connectivity index is 2.08. The maximum Gasteiger partial charge on any atom is 0.138 e. The quantitative estimate of drug-likeness (QED) is 0.639. The lowest BCUT2D eigenvalue weighted by Crippen LogP contribution is -2.23. The summed E-state index contributed by atoms with van der Waals surface area (Å²) in [4.78, 5) is 11.4. The minimum Gasteiger partial charge on any atom is -0.396 e. The van der Waals surface area contributed by atoms with Crippen LogP contribution < -0.4 is 0 Å². The molecule has 0 saturated heterocycles. The molecular formula is C10H16O2. The topological polar surface area (TPSA) is 37.3 Å². The number of rotatable bonds is 1. The molecule has 0 bridgehead atoms. The summed E-state index contributed by atoms with van der Waals surface area (Å²) in [5, 5.41) is 8.95. The molecule has 0 aromatic carbocycles. The molecule has 0 heterocycles. The van der Waals surface area contributed by atoms with Gasteiger partial charge in [-0.05, 0) is 23.7 Å². The second-order valence-corrected chi connectivity index (χ2v) is 4.82. The van der Waals surface area contributed by atoms with Gasteiger partial charge in [0.2, 0.25) is 0 Å². The molecule has 2 heteroatoms. The summed E-state index contributed by atoms with van der Waals surface area (Å²) in [7, 11) is 0. The molecule has 0 aliphatic heterocycles. The van der Waals surface area contributed by atoms with E-state index in [0.717, 1.165) is 6.42 Å². The molecule has 0 spiro atoms. The monoisotopic (exact) mass is 168 g/mol. The Kier molecular flexibility index (Phi) is 1.59. The third kappa shape index (κ3) is 0.939. The van der Waals surface area contributed by atoms with Crippen molar-refractivity contribution in [2.24, 2.45) is 23.2 Å². The first kappa shape index (κ1) is 8.24. The molecular weight excluding hydrogens is 152 g/mol. The van der Waals surface area contributed by atoms with E-state index in [1.807, 2.05) is 0 Å². The van der Waals surface area contributed by atoms with Crippen LogP contribution in [0, 0.1) is 23.2 Å². The van der Waals surface area contributed by atoms with Crippen molar-refractivity contribution >= 4 is 5.78 Å². The summed E-state index contributed by atoms with van der Waals surface area (Å²) in [6.45, 7) is 4.52. The van der Waals surface area contributed by atoms with Crippen LogP contribution in [-0.4, -0.2) is 17.5 Å². The molecule has 0 aromatic heterocycles. The van der Waals surface area contributed by atoms with Gasteiger partial charge >= 0.3 is 0 Å².